The number of ether oxygens (including phenoxy) is 1. The van der Waals surface area contributed by atoms with Gasteiger partial charge in [-0.25, -0.2) is 4.79 Å². The number of nitrogens with one attached hydrogen (secondary N) is 1. The topological polar surface area (TPSA) is 81.4 Å². The number of nitrogens with two attached hydrogens (primary N) is 1. The van der Waals surface area contributed by atoms with E-state index in [1.165, 1.54) is 7.11 Å². The minimum Gasteiger partial charge on any atom is -0.467 e. The highest BCUT2D eigenvalue weighted by Gasteiger charge is 2.27. The number of rotatable bonds is 6. The zero-order valence-electron chi connectivity index (χ0n) is 11.3. The molecule has 0 rings (SSSR count). The van der Waals surface area contributed by atoms with E-state index in [9.17, 15) is 9.59 Å². The molecule has 2 atom stereocenters. The average Bonchev–Trinajstić information content (AvgIpc) is 2.22. The lowest BCUT2D eigenvalue weighted by Gasteiger charge is -2.22. The van der Waals surface area contributed by atoms with E-state index in [0.29, 0.717) is 12.3 Å². The molecule has 100 valence electrons. The Bertz CT molecular complexity index is 264. The van der Waals surface area contributed by atoms with Crippen molar-refractivity contribution >= 4 is 11.9 Å². The smallest absolute Gasteiger partial charge is 0.328 e. The maximum absolute atomic E-state index is 11.8. The molecular formula is C12H24N2O3. The first-order valence-electron chi connectivity index (χ1n) is 5.93. The maximum atomic E-state index is 11.8. The summed E-state index contributed by atoms with van der Waals surface area (Å²) in [6, 6.07) is -1.22. The summed E-state index contributed by atoms with van der Waals surface area (Å²) in [5, 5.41) is 2.63. The van der Waals surface area contributed by atoms with Crippen LogP contribution in [0.5, 0.6) is 0 Å². The number of hydrogen-bond acceptors (Lipinski definition) is 4. The van der Waals surface area contributed by atoms with E-state index >= 15 is 0 Å². The van der Waals surface area contributed by atoms with E-state index in [1.54, 1.807) is 0 Å². The van der Waals surface area contributed by atoms with Crippen LogP contribution in [0.3, 0.4) is 0 Å². The number of carbonyl (C=O) groups is 2. The van der Waals surface area contributed by atoms with Gasteiger partial charge in [-0.15, -0.1) is 0 Å². The zero-order valence-corrected chi connectivity index (χ0v) is 11.3. The third-order valence-electron chi connectivity index (χ3n) is 2.48. The largest absolute Gasteiger partial charge is 0.467 e. The molecule has 1 amide bonds. The van der Waals surface area contributed by atoms with Crippen LogP contribution >= 0.6 is 0 Å². The first-order valence-corrected chi connectivity index (χ1v) is 5.93. The molecule has 0 aliphatic heterocycles. The van der Waals surface area contributed by atoms with Crippen molar-refractivity contribution in [3.05, 3.63) is 0 Å². The van der Waals surface area contributed by atoms with E-state index in [0.717, 1.165) is 0 Å². The second-order valence-corrected chi connectivity index (χ2v) is 4.99. The van der Waals surface area contributed by atoms with Gasteiger partial charge in [-0.1, -0.05) is 27.7 Å². The van der Waals surface area contributed by atoms with Gasteiger partial charge in [0.25, 0.3) is 0 Å². The Morgan fingerprint density at radius 1 is 1.24 bits per heavy atom. The van der Waals surface area contributed by atoms with Crippen LogP contribution in [0.4, 0.5) is 0 Å². The van der Waals surface area contributed by atoms with Crippen molar-refractivity contribution in [1.29, 1.82) is 0 Å². The van der Waals surface area contributed by atoms with Crippen LogP contribution < -0.4 is 11.1 Å². The summed E-state index contributed by atoms with van der Waals surface area (Å²) in [6.07, 6.45) is 0.595. The van der Waals surface area contributed by atoms with Crippen LogP contribution in [0.2, 0.25) is 0 Å². The van der Waals surface area contributed by atoms with Gasteiger partial charge in [-0.3, -0.25) is 4.79 Å². The van der Waals surface area contributed by atoms with Crippen molar-refractivity contribution in [3.63, 3.8) is 0 Å². The van der Waals surface area contributed by atoms with Crippen molar-refractivity contribution in [2.45, 2.75) is 46.2 Å². The number of amides is 1. The van der Waals surface area contributed by atoms with Gasteiger partial charge in [0, 0.05) is 0 Å². The average molecular weight is 244 g/mol. The Morgan fingerprint density at radius 2 is 1.76 bits per heavy atom. The summed E-state index contributed by atoms with van der Waals surface area (Å²) in [5.41, 5.74) is 5.74. The molecule has 0 fully saturated rings. The molecule has 0 saturated carbocycles. The zero-order chi connectivity index (χ0) is 13.6. The van der Waals surface area contributed by atoms with Crippen LogP contribution in [0.25, 0.3) is 0 Å². The van der Waals surface area contributed by atoms with Crippen molar-refractivity contribution < 1.29 is 14.3 Å². The Labute approximate surface area is 103 Å². The van der Waals surface area contributed by atoms with Gasteiger partial charge >= 0.3 is 5.97 Å². The SMILES string of the molecule is COC(=O)[C@H](NC(=O)[C@H](N)CC(C)C)C(C)C. The monoisotopic (exact) mass is 244 g/mol. The minimum absolute atomic E-state index is 0.0300. The Hall–Kier alpha value is -1.10. The molecule has 5 heteroatoms. The van der Waals surface area contributed by atoms with Crippen LogP contribution in [0, 0.1) is 11.8 Å². The molecule has 5 nitrogen and oxygen atoms in total. The fourth-order valence-electron chi connectivity index (χ4n) is 1.50. The Kier molecular flexibility index (Phi) is 6.80. The minimum atomic E-state index is -0.634. The predicted molar refractivity (Wildman–Crippen MR) is 66.2 cm³/mol. The molecule has 0 aromatic rings. The molecule has 0 saturated heterocycles. The first kappa shape index (κ1) is 15.9. The summed E-state index contributed by atoms with van der Waals surface area (Å²) in [5.74, 6) is -0.433. The maximum Gasteiger partial charge on any atom is 0.328 e. The molecule has 0 heterocycles. The molecule has 0 aromatic heterocycles. The van der Waals surface area contributed by atoms with Crippen LogP contribution in [-0.4, -0.2) is 31.1 Å². The summed E-state index contributed by atoms with van der Waals surface area (Å²) in [6.45, 7) is 7.67. The lowest BCUT2D eigenvalue weighted by atomic mass is 10.0. The molecule has 0 bridgehead atoms. The molecular weight excluding hydrogens is 220 g/mol. The summed E-state index contributed by atoms with van der Waals surface area (Å²) < 4.78 is 4.64. The fourth-order valence-corrected chi connectivity index (χ4v) is 1.50. The predicted octanol–water partition coefficient (Wildman–Crippen LogP) is 0.674. The van der Waals surface area contributed by atoms with Crippen molar-refractivity contribution in [2.75, 3.05) is 7.11 Å². The molecule has 0 spiro atoms. The Balaban J connectivity index is 4.45. The van der Waals surface area contributed by atoms with Crippen molar-refractivity contribution in [2.24, 2.45) is 17.6 Å². The standard InChI is InChI=1S/C12H24N2O3/c1-7(2)6-9(13)11(15)14-10(8(3)4)12(16)17-5/h7-10H,6,13H2,1-5H3,(H,14,15)/t9-,10-/m1/s1. The molecule has 17 heavy (non-hydrogen) atoms. The van der Waals surface area contributed by atoms with Gasteiger partial charge in [0.1, 0.15) is 6.04 Å². The normalized spacial score (nSPS) is 14.6. The molecule has 0 unspecified atom stereocenters. The van der Waals surface area contributed by atoms with Crippen molar-refractivity contribution in [3.8, 4) is 0 Å². The van der Waals surface area contributed by atoms with E-state index in [1.807, 2.05) is 27.7 Å². The quantitative estimate of drug-likeness (QED) is 0.673. The van der Waals surface area contributed by atoms with Crippen LogP contribution in [-0.2, 0) is 14.3 Å². The highest BCUT2D eigenvalue weighted by Crippen LogP contribution is 2.06. The molecule has 0 aliphatic carbocycles. The van der Waals surface area contributed by atoms with Gasteiger partial charge < -0.3 is 15.8 Å². The second kappa shape index (κ2) is 7.27. The molecule has 0 radical (unpaired) electrons. The van der Waals surface area contributed by atoms with E-state index in [-0.39, 0.29) is 11.8 Å². The highest BCUT2D eigenvalue weighted by atomic mass is 16.5. The van der Waals surface area contributed by atoms with Crippen molar-refractivity contribution in [1.82, 2.24) is 5.32 Å². The van der Waals surface area contributed by atoms with Gasteiger partial charge in [-0.05, 0) is 18.3 Å². The van der Waals surface area contributed by atoms with Gasteiger partial charge in [-0.2, -0.15) is 0 Å². The first-order chi connectivity index (χ1) is 7.79. The van der Waals surface area contributed by atoms with Crippen LogP contribution in [0.1, 0.15) is 34.1 Å². The number of hydrogen-bond donors (Lipinski definition) is 2. The molecule has 0 aromatic carbocycles. The lowest BCUT2D eigenvalue weighted by molar-refractivity contribution is -0.146. The Morgan fingerprint density at radius 3 is 2.12 bits per heavy atom. The van der Waals surface area contributed by atoms with E-state index in [2.05, 4.69) is 10.1 Å². The fraction of sp³-hybridized carbons (Fsp3) is 0.833. The van der Waals surface area contributed by atoms with Gasteiger partial charge in [0.2, 0.25) is 5.91 Å². The number of methoxy groups -OCH3 is 1. The molecule has 0 aliphatic rings. The molecule has 3 N–H and O–H groups in total. The van der Waals surface area contributed by atoms with Gasteiger partial charge in [0.05, 0.1) is 13.2 Å². The van der Waals surface area contributed by atoms with Crippen LogP contribution in [0.15, 0.2) is 0 Å². The number of carbonyl (C=O) groups excluding carboxylic acids is 2. The second-order valence-electron chi connectivity index (χ2n) is 4.99. The van der Waals surface area contributed by atoms with E-state index in [4.69, 9.17) is 5.73 Å². The summed E-state index contributed by atoms with van der Waals surface area (Å²) >= 11 is 0. The van der Waals surface area contributed by atoms with E-state index < -0.39 is 18.1 Å². The lowest BCUT2D eigenvalue weighted by Crippen LogP contribution is -2.51. The third kappa shape index (κ3) is 5.68. The third-order valence-corrected chi connectivity index (χ3v) is 2.48. The number of esters is 1. The summed E-state index contributed by atoms with van der Waals surface area (Å²) in [4.78, 5) is 23.2. The highest BCUT2D eigenvalue weighted by molar-refractivity contribution is 5.87. The van der Waals surface area contributed by atoms with Gasteiger partial charge in [0.15, 0.2) is 0 Å². The summed E-state index contributed by atoms with van der Waals surface area (Å²) in [7, 11) is 1.30.